The molecule has 0 aliphatic rings. The lowest BCUT2D eigenvalue weighted by atomic mass is 9.83. The Hall–Kier alpha value is 0.920. The second-order valence-corrected chi connectivity index (χ2v) is 9.52. The maximum absolute atomic E-state index is 10.8. The fraction of sp³-hybridized carbons (Fsp3) is 0.952. The average Bonchev–Trinajstić information content (AvgIpc) is 2.71. The molecule has 0 aromatic heterocycles. The van der Waals surface area contributed by atoms with E-state index in [1.807, 2.05) is 0 Å². The second kappa shape index (κ2) is 18.7. The van der Waals surface area contributed by atoms with Crippen molar-refractivity contribution in [2.45, 2.75) is 64.7 Å². The zero-order valence-electron chi connectivity index (χ0n) is 17.0. The normalized spacial score (nSPS) is 17.1. The number of carboxylic acid groups (broad SMARTS) is 1. The van der Waals surface area contributed by atoms with E-state index in [2.05, 4.69) is 6.92 Å². The minimum atomic E-state index is -0.768. The van der Waals surface area contributed by atoms with E-state index in [1.165, 1.54) is 0 Å². The van der Waals surface area contributed by atoms with Crippen LogP contribution in [0.25, 0.3) is 0 Å². The van der Waals surface area contributed by atoms with Gasteiger partial charge in [0.2, 0.25) is 0 Å². The van der Waals surface area contributed by atoms with Crippen LogP contribution in [-0.2, 0) is 4.79 Å². The van der Waals surface area contributed by atoms with Gasteiger partial charge in [0.05, 0.1) is 0 Å². The van der Waals surface area contributed by atoms with Gasteiger partial charge < -0.3 is 5.11 Å². The molecule has 0 bridgehead atoms. The zero-order chi connectivity index (χ0) is 21.4. The van der Waals surface area contributed by atoms with Crippen molar-refractivity contribution in [2.75, 3.05) is 29.4 Å². The Morgan fingerprint density at radius 3 is 1.75 bits per heavy atom. The van der Waals surface area contributed by atoms with Crippen molar-refractivity contribution in [3.8, 4) is 0 Å². The minimum Gasteiger partial charge on any atom is -0.481 e. The highest BCUT2D eigenvalue weighted by Gasteiger charge is 2.22. The molecular weight excluding hydrogens is 461 g/mol. The highest BCUT2D eigenvalue weighted by atomic mass is 35.5. The third-order valence-corrected chi connectivity index (χ3v) is 7.96. The second-order valence-electron chi connectivity index (χ2n) is 7.97. The first-order valence-electron chi connectivity index (χ1n) is 10.5. The summed E-state index contributed by atoms with van der Waals surface area (Å²) >= 11 is 30.7. The molecule has 0 spiro atoms. The van der Waals surface area contributed by atoms with Gasteiger partial charge in [-0.05, 0) is 68.1 Å². The largest absolute Gasteiger partial charge is 0.481 e. The van der Waals surface area contributed by atoms with E-state index < -0.39 is 5.97 Å². The van der Waals surface area contributed by atoms with Gasteiger partial charge in [-0.15, -0.1) is 58.0 Å². The molecule has 0 aromatic carbocycles. The Balaban J connectivity index is 4.44. The van der Waals surface area contributed by atoms with Gasteiger partial charge >= 0.3 is 5.97 Å². The fourth-order valence-corrected chi connectivity index (χ4v) is 5.44. The average molecular weight is 499 g/mol. The Bertz CT molecular complexity index is 380. The molecule has 0 aliphatic carbocycles. The van der Waals surface area contributed by atoms with E-state index in [0.717, 1.165) is 44.9 Å². The third kappa shape index (κ3) is 13.3. The molecule has 0 saturated carbocycles. The van der Waals surface area contributed by atoms with Gasteiger partial charge in [-0.2, -0.15) is 0 Å². The van der Waals surface area contributed by atoms with Crippen molar-refractivity contribution in [1.29, 1.82) is 0 Å². The van der Waals surface area contributed by atoms with Crippen LogP contribution in [0.15, 0.2) is 0 Å². The van der Waals surface area contributed by atoms with Crippen LogP contribution in [0, 0.1) is 29.6 Å². The Morgan fingerprint density at radius 2 is 1.29 bits per heavy atom. The van der Waals surface area contributed by atoms with Gasteiger partial charge in [0, 0.05) is 35.8 Å². The number of alkyl halides is 5. The van der Waals surface area contributed by atoms with Crippen LogP contribution in [0.3, 0.4) is 0 Å². The summed E-state index contributed by atoms with van der Waals surface area (Å²) in [4.78, 5) is 10.8. The van der Waals surface area contributed by atoms with Gasteiger partial charge in [0.25, 0.3) is 0 Å². The summed E-state index contributed by atoms with van der Waals surface area (Å²) in [5, 5.41) is 8.86. The zero-order valence-corrected chi connectivity index (χ0v) is 20.8. The van der Waals surface area contributed by atoms with Crippen LogP contribution in [-0.4, -0.2) is 40.5 Å². The molecule has 5 unspecified atom stereocenters. The highest BCUT2D eigenvalue weighted by Crippen LogP contribution is 2.30. The Labute approximate surface area is 197 Å². The monoisotopic (exact) mass is 496 g/mol. The van der Waals surface area contributed by atoms with E-state index in [-0.39, 0.29) is 12.3 Å². The summed E-state index contributed by atoms with van der Waals surface area (Å²) in [6.07, 6.45) is 8.07. The van der Waals surface area contributed by atoms with Crippen molar-refractivity contribution in [3.05, 3.63) is 0 Å². The predicted molar refractivity (Wildman–Crippen MR) is 126 cm³/mol. The Morgan fingerprint density at radius 1 is 0.714 bits per heavy atom. The SMILES string of the molecule is CCC(CCl)CC(CCl)CCCC(CCl)C(CCl)CCC(CCl)CCC(=O)O. The van der Waals surface area contributed by atoms with Crippen LogP contribution >= 0.6 is 58.0 Å². The van der Waals surface area contributed by atoms with Crippen LogP contribution in [0.4, 0.5) is 0 Å². The molecule has 0 heterocycles. The van der Waals surface area contributed by atoms with Gasteiger partial charge in [0.1, 0.15) is 0 Å². The van der Waals surface area contributed by atoms with Crippen molar-refractivity contribution >= 4 is 64.0 Å². The van der Waals surface area contributed by atoms with E-state index in [1.54, 1.807) is 0 Å². The van der Waals surface area contributed by atoms with Crippen molar-refractivity contribution in [3.63, 3.8) is 0 Å². The maximum Gasteiger partial charge on any atom is 0.303 e. The molecule has 7 heteroatoms. The molecule has 0 saturated heterocycles. The predicted octanol–water partition coefficient (Wildman–Crippen LogP) is 7.88. The third-order valence-electron chi connectivity index (χ3n) is 5.86. The molecule has 0 aromatic rings. The van der Waals surface area contributed by atoms with Gasteiger partial charge in [-0.25, -0.2) is 0 Å². The van der Waals surface area contributed by atoms with Gasteiger partial charge in [-0.1, -0.05) is 19.8 Å². The van der Waals surface area contributed by atoms with Crippen molar-refractivity contribution in [2.24, 2.45) is 29.6 Å². The molecule has 0 aliphatic heterocycles. The molecule has 0 rings (SSSR count). The van der Waals surface area contributed by atoms with Crippen LogP contribution in [0.5, 0.6) is 0 Å². The molecule has 2 nitrogen and oxygen atoms in total. The molecule has 168 valence electrons. The quantitative estimate of drug-likeness (QED) is 0.184. The molecule has 0 amide bonds. The lowest BCUT2D eigenvalue weighted by molar-refractivity contribution is -0.137. The van der Waals surface area contributed by atoms with Gasteiger partial charge in [0.15, 0.2) is 0 Å². The van der Waals surface area contributed by atoms with E-state index in [9.17, 15) is 4.79 Å². The molecule has 0 radical (unpaired) electrons. The van der Waals surface area contributed by atoms with Gasteiger partial charge in [-0.3, -0.25) is 4.79 Å². The van der Waals surface area contributed by atoms with E-state index in [4.69, 9.17) is 63.1 Å². The minimum absolute atomic E-state index is 0.169. The lowest BCUT2D eigenvalue weighted by Gasteiger charge is -2.26. The number of hydrogen-bond acceptors (Lipinski definition) is 1. The van der Waals surface area contributed by atoms with Crippen molar-refractivity contribution < 1.29 is 9.90 Å². The number of halogens is 5. The summed E-state index contributed by atoms with van der Waals surface area (Å²) in [5.74, 6) is 4.27. The topological polar surface area (TPSA) is 37.3 Å². The number of aliphatic carboxylic acids is 1. The molecule has 5 atom stereocenters. The first kappa shape index (κ1) is 28.9. The number of carboxylic acids is 1. The van der Waals surface area contributed by atoms with Crippen LogP contribution < -0.4 is 0 Å². The summed E-state index contributed by atoms with van der Waals surface area (Å²) < 4.78 is 0. The van der Waals surface area contributed by atoms with Crippen LogP contribution in [0.2, 0.25) is 0 Å². The number of carbonyl (C=O) groups is 1. The van der Waals surface area contributed by atoms with E-state index in [0.29, 0.717) is 59.5 Å². The smallest absolute Gasteiger partial charge is 0.303 e. The first-order valence-corrected chi connectivity index (χ1v) is 13.1. The molecule has 1 N–H and O–H groups in total. The lowest BCUT2D eigenvalue weighted by Crippen LogP contribution is -2.21. The maximum atomic E-state index is 10.8. The molecule has 28 heavy (non-hydrogen) atoms. The molecular formula is C21H37Cl5O2. The standard InChI is InChI=1S/C21H37Cl5O2/c1-2-16(11-22)10-18(13-24)4-3-5-19(14-25)20(15-26)8-6-17(12-23)7-9-21(27)28/h16-20H,2-15H2,1H3,(H,27,28). The first-order chi connectivity index (χ1) is 13.4. The number of hydrogen-bond donors (Lipinski definition) is 1. The summed E-state index contributed by atoms with van der Waals surface area (Å²) in [5.41, 5.74) is 0. The summed E-state index contributed by atoms with van der Waals surface area (Å²) in [7, 11) is 0. The molecule has 0 fully saturated rings. The van der Waals surface area contributed by atoms with E-state index >= 15 is 0 Å². The number of rotatable bonds is 19. The highest BCUT2D eigenvalue weighted by molar-refractivity contribution is 6.19. The Kier molecular flexibility index (Phi) is 19.3. The van der Waals surface area contributed by atoms with Crippen LogP contribution in [0.1, 0.15) is 64.7 Å². The van der Waals surface area contributed by atoms with Crippen molar-refractivity contribution in [1.82, 2.24) is 0 Å². The fourth-order valence-electron chi connectivity index (χ4n) is 3.69. The summed E-state index contributed by atoms with van der Waals surface area (Å²) in [6.45, 7) is 2.18. The summed E-state index contributed by atoms with van der Waals surface area (Å²) in [6, 6.07) is 0.